The Bertz CT molecular complexity index is 952. The van der Waals surface area contributed by atoms with Crippen LogP contribution < -0.4 is 0 Å². The van der Waals surface area contributed by atoms with Crippen molar-refractivity contribution >= 4 is 15.9 Å². The highest BCUT2D eigenvalue weighted by atomic mass is 32.2. The zero-order chi connectivity index (χ0) is 21.0. The van der Waals surface area contributed by atoms with Gasteiger partial charge in [0.05, 0.1) is 18.1 Å². The van der Waals surface area contributed by atoms with Gasteiger partial charge in [-0.25, -0.2) is 8.42 Å². The van der Waals surface area contributed by atoms with Crippen LogP contribution in [0.2, 0.25) is 0 Å². The molecule has 0 N–H and O–H groups in total. The Morgan fingerprint density at radius 3 is 2.38 bits per heavy atom. The van der Waals surface area contributed by atoms with Crippen molar-refractivity contribution in [3.05, 3.63) is 65.2 Å². The summed E-state index contributed by atoms with van der Waals surface area (Å²) in [7, 11) is -3.67. The van der Waals surface area contributed by atoms with E-state index in [4.69, 9.17) is 4.74 Å². The fourth-order valence-electron chi connectivity index (χ4n) is 3.37. The van der Waals surface area contributed by atoms with Gasteiger partial charge in [-0.2, -0.15) is 4.31 Å². The molecule has 2 aromatic carbocycles. The number of hydrogen-bond donors (Lipinski definition) is 0. The Kier molecular flexibility index (Phi) is 6.72. The molecule has 0 radical (unpaired) electrons. The molecule has 6 nitrogen and oxygen atoms in total. The van der Waals surface area contributed by atoms with Crippen molar-refractivity contribution in [3.8, 4) is 0 Å². The largest absolute Gasteiger partial charge is 0.379 e. The van der Waals surface area contributed by atoms with Gasteiger partial charge in [-0.3, -0.25) is 4.79 Å². The van der Waals surface area contributed by atoms with Gasteiger partial charge in [-0.1, -0.05) is 36.4 Å². The molecule has 1 saturated heterocycles. The molecule has 0 atom stereocenters. The second-order valence-electron chi connectivity index (χ2n) is 7.51. The highest BCUT2D eigenvalue weighted by Gasteiger charge is 2.29. The number of amides is 1. The standard InChI is InChI=1S/C22H28N2O4S/c1-17(2)24(16-19-7-5-4-6-8-19)22(25)20-10-9-18(3)21(15-20)29(26,27)23-11-13-28-14-12-23/h4-10,15,17H,11-14,16H2,1-3H3. The average molecular weight is 417 g/mol. The van der Waals surface area contributed by atoms with E-state index in [-0.39, 0.29) is 16.8 Å². The minimum Gasteiger partial charge on any atom is -0.379 e. The molecule has 7 heteroatoms. The van der Waals surface area contributed by atoms with Gasteiger partial charge >= 0.3 is 0 Å². The third-order valence-electron chi connectivity index (χ3n) is 5.10. The van der Waals surface area contributed by atoms with Gasteiger partial charge in [0.1, 0.15) is 0 Å². The SMILES string of the molecule is Cc1ccc(C(=O)N(Cc2ccccc2)C(C)C)cc1S(=O)(=O)N1CCOCC1. The Labute approximate surface area is 173 Å². The van der Waals surface area contributed by atoms with Crippen molar-refractivity contribution in [1.82, 2.24) is 9.21 Å². The normalized spacial score (nSPS) is 15.4. The van der Waals surface area contributed by atoms with Crippen LogP contribution in [-0.4, -0.2) is 55.9 Å². The summed E-state index contributed by atoms with van der Waals surface area (Å²) in [6.45, 7) is 7.56. The molecule has 0 aromatic heterocycles. The van der Waals surface area contributed by atoms with E-state index in [0.717, 1.165) is 5.56 Å². The monoisotopic (exact) mass is 416 g/mol. The molecule has 0 aliphatic carbocycles. The molecule has 2 aromatic rings. The highest BCUT2D eigenvalue weighted by Crippen LogP contribution is 2.24. The van der Waals surface area contributed by atoms with Crippen LogP contribution in [0.5, 0.6) is 0 Å². The lowest BCUT2D eigenvalue weighted by Crippen LogP contribution is -2.41. The predicted octanol–water partition coefficient (Wildman–Crippen LogP) is 3.07. The number of rotatable bonds is 6. The lowest BCUT2D eigenvalue weighted by molar-refractivity contribution is 0.0689. The van der Waals surface area contributed by atoms with Gasteiger partial charge in [0.2, 0.25) is 10.0 Å². The zero-order valence-corrected chi connectivity index (χ0v) is 18.0. The minimum absolute atomic E-state index is 0.0247. The summed E-state index contributed by atoms with van der Waals surface area (Å²) in [4.78, 5) is 15.2. The molecule has 3 rings (SSSR count). The molecule has 1 aliphatic rings. The van der Waals surface area contributed by atoms with Crippen molar-refractivity contribution in [3.63, 3.8) is 0 Å². The van der Waals surface area contributed by atoms with E-state index in [2.05, 4.69) is 0 Å². The van der Waals surface area contributed by atoms with E-state index in [1.165, 1.54) is 10.4 Å². The Balaban J connectivity index is 1.91. The number of carbonyl (C=O) groups excluding carboxylic acids is 1. The first kappa shape index (κ1) is 21.5. The molecule has 29 heavy (non-hydrogen) atoms. The first-order valence-electron chi connectivity index (χ1n) is 9.84. The van der Waals surface area contributed by atoms with Crippen molar-refractivity contribution in [2.75, 3.05) is 26.3 Å². The summed E-state index contributed by atoms with van der Waals surface area (Å²) in [5, 5.41) is 0. The number of carbonyl (C=O) groups is 1. The topological polar surface area (TPSA) is 66.9 Å². The zero-order valence-electron chi connectivity index (χ0n) is 17.2. The summed E-state index contributed by atoms with van der Waals surface area (Å²) in [6.07, 6.45) is 0. The number of aryl methyl sites for hydroxylation is 1. The number of morpholine rings is 1. The van der Waals surface area contributed by atoms with Crippen LogP contribution in [-0.2, 0) is 21.3 Å². The van der Waals surface area contributed by atoms with E-state index in [1.54, 1.807) is 24.0 Å². The Hall–Kier alpha value is -2.22. The molecular weight excluding hydrogens is 388 g/mol. The maximum Gasteiger partial charge on any atom is 0.254 e. The molecule has 1 fully saturated rings. The molecule has 1 aliphatic heterocycles. The first-order chi connectivity index (χ1) is 13.8. The lowest BCUT2D eigenvalue weighted by atomic mass is 10.1. The van der Waals surface area contributed by atoms with Crippen molar-refractivity contribution < 1.29 is 17.9 Å². The van der Waals surface area contributed by atoms with Crippen molar-refractivity contribution in [2.45, 2.75) is 38.3 Å². The van der Waals surface area contributed by atoms with E-state index in [1.807, 2.05) is 44.2 Å². The number of hydrogen-bond acceptors (Lipinski definition) is 4. The third kappa shape index (κ3) is 4.86. The molecule has 156 valence electrons. The van der Waals surface area contributed by atoms with Gasteiger partial charge in [0.25, 0.3) is 5.91 Å². The minimum atomic E-state index is -3.67. The summed E-state index contributed by atoms with van der Waals surface area (Å²) >= 11 is 0. The average Bonchev–Trinajstić information content (AvgIpc) is 2.73. The molecule has 0 unspecified atom stereocenters. The van der Waals surface area contributed by atoms with Crippen LogP contribution in [0.15, 0.2) is 53.4 Å². The molecule has 0 bridgehead atoms. The summed E-state index contributed by atoms with van der Waals surface area (Å²) in [5.74, 6) is -0.178. The van der Waals surface area contributed by atoms with Crippen molar-refractivity contribution in [2.24, 2.45) is 0 Å². The third-order valence-corrected chi connectivity index (χ3v) is 7.14. The van der Waals surface area contributed by atoms with Crippen LogP contribution in [0.1, 0.15) is 35.3 Å². The maximum atomic E-state index is 13.3. The first-order valence-corrected chi connectivity index (χ1v) is 11.3. The Morgan fingerprint density at radius 1 is 1.10 bits per heavy atom. The van der Waals surface area contributed by atoms with Crippen LogP contribution in [0, 0.1) is 6.92 Å². The second kappa shape index (κ2) is 9.07. The van der Waals surface area contributed by atoms with Crippen LogP contribution in [0.25, 0.3) is 0 Å². The number of benzene rings is 2. The fraction of sp³-hybridized carbons (Fsp3) is 0.409. The van der Waals surface area contributed by atoms with Gasteiger partial charge in [0, 0.05) is 31.2 Å². The lowest BCUT2D eigenvalue weighted by Gasteiger charge is -2.28. The summed E-state index contributed by atoms with van der Waals surface area (Å²) in [5.41, 5.74) is 2.04. The van der Waals surface area contributed by atoms with Gasteiger partial charge in [-0.05, 0) is 44.0 Å². The van der Waals surface area contributed by atoms with Gasteiger partial charge in [0.15, 0.2) is 0 Å². The van der Waals surface area contributed by atoms with Crippen LogP contribution >= 0.6 is 0 Å². The fourth-order valence-corrected chi connectivity index (χ4v) is 5.03. The maximum absolute atomic E-state index is 13.3. The number of nitrogens with zero attached hydrogens (tertiary/aromatic N) is 2. The molecule has 0 spiro atoms. The number of ether oxygens (including phenoxy) is 1. The van der Waals surface area contributed by atoms with Gasteiger partial charge in [-0.15, -0.1) is 0 Å². The van der Waals surface area contributed by atoms with E-state index < -0.39 is 10.0 Å². The molecule has 1 heterocycles. The Morgan fingerprint density at radius 2 is 1.76 bits per heavy atom. The van der Waals surface area contributed by atoms with Crippen molar-refractivity contribution in [1.29, 1.82) is 0 Å². The van der Waals surface area contributed by atoms with E-state index in [0.29, 0.717) is 44.0 Å². The highest BCUT2D eigenvalue weighted by molar-refractivity contribution is 7.89. The van der Waals surface area contributed by atoms with Crippen LogP contribution in [0.3, 0.4) is 0 Å². The molecule has 0 saturated carbocycles. The quantitative estimate of drug-likeness (QED) is 0.726. The predicted molar refractivity (Wildman–Crippen MR) is 112 cm³/mol. The second-order valence-corrected chi connectivity index (χ2v) is 9.42. The summed E-state index contributed by atoms with van der Waals surface area (Å²) in [6, 6.07) is 14.7. The summed E-state index contributed by atoms with van der Waals surface area (Å²) < 4.78 is 32.9. The molecular formula is C22H28N2O4S. The van der Waals surface area contributed by atoms with E-state index >= 15 is 0 Å². The van der Waals surface area contributed by atoms with Crippen LogP contribution in [0.4, 0.5) is 0 Å². The molecule has 1 amide bonds. The van der Waals surface area contributed by atoms with E-state index in [9.17, 15) is 13.2 Å². The number of sulfonamides is 1. The smallest absolute Gasteiger partial charge is 0.254 e. The van der Waals surface area contributed by atoms with Gasteiger partial charge < -0.3 is 9.64 Å².